The van der Waals surface area contributed by atoms with E-state index in [-0.39, 0.29) is 35.6 Å². The molecular weight excluding hydrogens is 472 g/mol. The molecule has 4 amide bonds. The van der Waals surface area contributed by atoms with E-state index >= 15 is 0 Å². The molecule has 1 fully saturated rings. The van der Waals surface area contributed by atoms with Gasteiger partial charge in [0.25, 0.3) is 0 Å². The average molecular weight is 517 g/mol. The Kier molecular flexibility index (Phi) is 10.9. The van der Waals surface area contributed by atoms with E-state index in [2.05, 4.69) is 16.0 Å². The van der Waals surface area contributed by atoms with Crippen molar-refractivity contribution >= 4 is 23.8 Å². The molecule has 1 aliphatic rings. The maximum atomic E-state index is 13.2. The first kappa shape index (κ1) is 30.1. The summed E-state index contributed by atoms with van der Waals surface area (Å²) in [5, 5.41) is 8.48. The summed E-state index contributed by atoms with van der Waals surface area (Å²) in [6, 6.07) is 8.10. The zero-order chi connectivity index (χ0) is 27.8. The molecule has 0 spiro atoms. The fourth-order valence-electron chi connectivity index (χ4n) is 4.29. The third-order valence-electron chi connectivity index (χ3n) is 6.28. The number of carbonyl (C=O) groups excluding carboxylic acids is 4. The Labute approximate surface area is 221 Å². The maximum absolute atomic E-state index is 13.2. The fraction of sp³-hybridized carbons (Fsp3) is 0.643. The Morgan fingerprint density at radius 2 is 1.54 bits per heavy atom. The minimum atomic E-state index is -0.685. The second kappa shape index (κ2) is 13.4. The van der Waals surface area contributed by atoms with Crippen molar-refractivity contribution in [3.63, 3.8) is 0 Å². The summed E-state index contributed by atoms with van der Waals surface area (Å²) in [5.74, 6) is -0.687. The van der Waals surface area contributed by atoms with Gasteiger partial charge in [-0.05, 0) is 65.4 Å². The molecule has 0 unspecified atom stereocenters. The zero-order valence-corrected chi connectivity index (χ0v) is 23.3. The Morgan fingerprint density at radius 1 is 0.946 bits per heavy atom. The minimum Gasteiger partial charge on any atom is -0.444 e. The van der Waals surface area contributed by atoms with Crippen LogP contribution in [0.5, 0.6) is 0 Å². The van der Waals surface area contributed by atoms with Crippen molar-refractivity contribution in [2.24, 2.45) is 11.8 Å². The van der Waals surface area contributed by atoms with Gasteiger partial charge >= 0.3 is 6.09 Å². The highest BCUT2D eigenvalue weighted by Crippen LogP contribution is 2.20. The molecule has 37 heavy (non-hydrogen) atoms. The highest BCUT2D eigenvalue weighted by molar-refractivity contribution is 5.89. The molecule has 1 saturated heterocycles. The first-order valence-electron chi connectivity index (χ1n) is 13.2. The molecule has 3 N–H and O–H groups in total. The quantitative estimate of drug-likeness (QED) is 0.464. The van der Waals surface area contributed by atoms with Gasteiger partial charge in [0, 0.05) is 19.0 Å². The lowest BCUT2D eigenvalue weighted by Crippen LogP contribution is -2.53. The van der Waals surface area contributed by atoms with Gasteiger partial charge < -0.3 is 25.6 Å². The number of carbonyl (C=O) groups is 4. The number of nitrogens with zero attached hydrogens (tertiary/aromatic N) is 1. The molecular formula is C28H44N4O5. The van der Waals surface area contributed by atoms with Crippen LogP contribution in [0.4, 0.5) is 4.79 Å². The second-order valence-corrected chi connectivity index (χ2v) is 11.3. The van der Waals surface area contributed by atoms with E-state index in [1.165, 1.54) is 0 Å². The first-order valence-corrected chi connectivity index (χ1v) is 13.2. The molecule has 0 radical (unpaired) electrons. The monoisotopic (exact) mass is 516 g/mol. The second-order valence-electron chi connectivity index (χ2n) is 11.3. The predicted molar refractivity (Wildman–Crippen MR) is 143 cm³/mol. The summed E-state index contributed by atoms with van der Waals surface area (Å²) in [6.07, 6.45) is 0.863. The van der Waals surface area contributed by atoms with Crippen molar-refractivity contribution in [1.29, 1.82) is 0 Å². The number of alkyl carbamates (subject to hydrolysis) is 1. The number of likely N-dealkylation sites (tertiary alicyclic amines) is 1. The van der Waals surface area contributed by atoms with Crippen molar-refractivity contribution in [3.05, 3.63) is 35.9 Å². The molecule has 0 saturated carbocycles. The van der Waals surface area contributed by atoms with E-state index in [9.17, 15) is 19.2 Å². The predicted octanol–water partition coefficient (Wildman–Crippen LogP) is 3.55. The topological polar surface area (TPSA) is 117 Å². The van der Waals surface area contributed by atoms with Crippen LogP contribution in [0.25, 0.3) is 0 Å². The molecule has 0 aliphatic carbocycles. The summed E-state index contributed by atoms with van der Waals surface area (Å²) in [4.78, 5) is 52.6. The lowest BCUT2D eigenvalue weighted by Gasteiger charge is -2.34. The lowest BCUT2D eigenvalue weighted by molar-refractivity contribution is -0.138. The molecule has 1 aromatic carbocycles. The van der Waals surface area contributed by atoms with E-state index in [0.29, 0.717) is 32.4 Å². The van der Waals surface area contributed by atoms with Gasteiger partial charge in [-0.3, -0.25) is 14.4 Å². The third kappa shape index (κ3) is 10.1. The summed E-state index contributed by atoms with van der Waals surface area (Å²) in [7, 11) is 0. The van der Waals surface area contributed by atoms with E-state index in [0.717, 1.165) is 5.56 Å². The van der Waals surface area contributed by atoms with Crippen LogP contribution in [0.2, 0.25) is 0 Å². The van der Waals surface area contributed by atoms with Crippen molar-refractivity contribution in [3.8, 4) is 0 Å². The summed E-state index contributed by atoms with van der Waals surface area (Å²) >= 11 is 0. The number of amides is 4. The standard InChI is InChI=1S/C28H44N4O5/c1-18(2)17-23(31-27(36)37-28(5,6)7)26(35)32-15-13-22(14-16-32)25(34)30-20(4)24(33)29-19(3)21-11-9-8-10-12-21/h8-12,18-20,22-23H,13-17H2,1-7H3,(H,29,33)(H,30,34)(H,31,36)/t19-,20+,23+/m1/s1. The number of piperidine rings is 1. The van der Waals surface area contributed by atoms with E-state index < -0.39 is 23.8 Å². The van der Waals surface area contributed by atoms with Gasteiger partial charge in [-0.15, -0.1) is 0 Å². The number of hydrogen-bond donors (Lipinski definition) is 3. The normalized spacial score (nSPS) is 16.9. The zero-order valence-electron chi connectivity index (χ0n) is 23.3. The molecule has 9 heteroatoms. The molecule has 2 rings (SSSR count). The molecule has 1 heterocycles. The van der Waals surface area contributed by atoms with Gasteiger partial charge in [-0.2, -0.15) is 0 Å². The van der Waals surface area contributed by atoms with Crippen LogP contribution in [-0.2, 0) is 19.1 Å². The van der Waals surface area contributed by atoms with Crippen LogP contribution < -0.4 is 16.0 Å². The summed E-state index contributed by atoms with van der Waals surface area (Å²) in [6.45, 7) is 13.7. The largest absolute Gasteiger partial charge is 0.444 e. The van der Waals surface area contributed by atoms with Crippen LogP contribution in [0.3, 0.4) is 0 Å². The van der Waals surface area contributed by atoms with Crippen LogP contribution in [0.1, 0.15) is 79.3 Å². The van der Waals surface area contributed by atoms with Crippen LogP contribution in [-0.4, -0.2) is 59.5 Å². The van der Waals surface area contributed by atoms with Gasteiger partial charge in [0.2, 0.25) is 17.7 Å². The Hall–Kier alpha value is -3.10. The molecule has 1 aliphatic heterocycles. The molecule has 3 atom stereocenters. The maximum Gasteiger partial charge on any atom is 0.408 e. The van der Waals surface area contributed by atoms with Gasteiger partial charge in [0.15, 0.2) is 0 Å². The number of nitrogens with one attached hydrogen (secondary N) is 3. The molecule has 0 aromatic heterocycles. The van der Waals surface area contributed by atoms with E-state index in [1.54, 1.807) is 32.6 Å². The van der Waals surface area contributed by atoms with Crippen molar-refractivity contribution in [2.45, 2.75) is 91.5 Å². The molecule has 206 valence electrons. The first-order chi connectivity index (χ1) is 17.3. The Bertz CT molecular complexity index is 920. The molecule has 9 nitrogen and oxygen atoms in total. The van der Waals surface area contributed by atoms with Crippen molar-refractivity contribution in [1.82, 2.24) is 20.9 Å². The van der Waals surface area contributed by atoms with Gasteiger partial charge in [0.05, 0.1) is 6.04 Å². The van der Waals surface area contributed by atoms with Gasteiger partial charge in [-0.1, -0.05) is 44.2 Å². The highest BCUT2D eigenvalue weighted by atomic mass is 16.6. The Balaban J connectivity index is 1.86. The third-order valence-corrected chi connectivity index (χ3v) is 6.28. The minimum absolute atomic E-state index is 0.166. The average Bonchev–Trinajstić information content (AvgIpc) is 2.82. The van der Waals surface area contributed by atoms with Gasteiger partial charge in [0.1, 0.15) is 17.7 Å². The molecule has 1 aromatic rings. The van der Waals surface area contributed by atoms with Crippen LogP contribution >= 0.6 is 0 Å². The smallest absolute Gasteiger partial charge is 0.408 e. The SMILES string of the molecule is CC(C)C[C@H](NC(=O)OC(C)(C)C)C(=O)N1CCC(C(=O)N[C@@H](C)C(=O)N[C@H](C)c2ccccc2)CC1. The fourth-order valence-corrected chi connectivity index (χ4v) is 4.29. The number of benzene rings is 1. The van der Waals surface area contributed by atoms with Crippen molar-refractivity contribution < 1.29 is 23.9 Å². The highest BCUT2D eigenvalue weighted by Gasteiger charge is 2.33. The molecule has 0 bridgehead atoms. The Morgan fingerprint density at radius 3 is 2.08 bits per heavy atom. The lowest BCUT2D eigenvalue weighted by atomic mass is 9.94. The number of rotatable bonds is 9. The van der Waals surface area contributed by atoms with Crippen molar-refractivity contribution in [2.75, 3.05) is 13.1 Å². The van der Waals surface area contributed by atoms with Gasteiger partial charge in [-0.25, -0.2) is 4.79 Å². The van der Waals surface area contributed by atoms with E-state index in [1.807, 2.05) is 51.1 Å². The summed E-state index contributed by atoms with van der Waals surface area (Å²) in [5.41, 5.74) is 0.331. The number of hydrogen-bond acceptors (Lipinski definition) is 5. The summed E-state index contributed by atoms with van der Waals surface area (Å²) < 4.78 is 5.33. The number of ether oxygens (including phenoxy) is 1. The van der Waals surface area contributed by atoms with E-state index in [4.69, 9.17) is 4.74 Å². The van der Waals surface area contributed by atoms with Crippen LogP contribution in [0.15, 0.2) is 30.3 Å². The van der Waals surface area contributed by atoms with Crippen LogP contribution in [0, 0.1) is 11.8 Å².